The molecule has 3 aromatic carbocycles. The summed E-state index contributed by atoms with van der Waals surface area (Å²) in [6.07, 6.45) is 0. The predicted molar refractivity (Wildman–Crippen MR) is 137 cm³/mol. The van der Waals surface area contributed by atoms with Crippen LogP contribution in [-0.2, 0) is 19.6 Å². The number of carbonyl (C=O) groups is 2. The molecule has 0 spiro atoms. The number of ether oxygens (including phenoxy) is 3. The molecule has 0 heterocycles. The van der Waals surface area contributed by atoms with E-state index in [1.165, 1.54) is 57.7 Å². The van der Waals surface area contributed by atoms with Gasteiger partial charge in [0.05, 0.1) is 43.2 Å². The standard InChI is InChI=1S/C25H25ClN2O7S/c1-16-6-5-7-18(12-16)28(36(31,32)19-10-8-17(26)9-11-19)15-24(29)27-21-14-23(34-3)22(33-2)13-20(21)25(30)35-4/h5-14H,15H2,1-4H3,(H,27,29). The highest BCUT2D eigenvalue weighted by atomic mass is 35.5. The summed E-state index contributed by atoms with van der Waals surface area (Å²) in [5.74, 6) is -0.922. The molecule has 0 saturated carbocycles. The van der Waals surface area contributed by atoms with Crippen molar-refractivity contribution in [1.82, 2.24) is 0 Å². The van der Waals surface area contributed by atoms with Crippen LogP contribution in [0.4, 0.5) is 11.4 Å². The third-order valence-corrected chi connectivity index (χ3v) is 7.22. The Balaban J connectivity index is 2.02. The first-order chi connectivity index (χ1) is 17.1. The fourth-order valence-corrected chi connectivity index (χ4v) is 4.95. The first-order valence-electron chi connectivity index (χ1n) is 10.6. The number of rotatable bonds is 9. The van der Waals surface area contributed by atoms with Crippen molar-refractivity contribution in [2.45, 2.75) is 11.8 Å². The smallest absolute Gasteiger partial charge is 0.340 e. The number of amides is 1. The number of carbonyl (C=O) groups excluding carboxylic acids is 2. The highest BCUT2D eigenvalue weighted by Crippen LogP contribution is 2.34. The third kappa shape index (κ3) is 5.89. The van der Waals surface area contributed by atoms with E-state index in [0.29, 0.717) is 10.7 Å². The molecule has 9 nitrogen and oxygen atoms in total. The van der Waals surface area contributed by atoms with Crippen molar-refractivity contribution in [3.63, 3.8) is 0 Å². The van der Waals surface area contributed by atoms with Crippen LogP contribution in [0.3, 0.4) is 0 Å². The minimum absolute atomic E-state index is 0.00571. The Kier molecular flexibility index (Phi) is 8.44. The van der Waals surface area contributed by atoms with Crippen molar-refractivity contribution in [1.29, 1.82) is 0 Å². The molecule has 0 unspecified atom stereocenters. The lowest BCUT2D eigenvalue weighted by atomic mass is 10.1. The number of sulfonamides is 1. The maximum Gasteiger partial charge on any atom is 0.340 e. The summed E-state index contributed by atoms with van der Waals surface area (Å²) in [4.78, 5) is 25.5. The first kappa shape index (κ1) is 26.8. The van der Waals surface area contributed by atoms with Gasteiger partial charge in [-0.25, -0.2) is 13.2 Å². The average molecular weight is 533 g/mol. The van der Waals surface area contributed by atoms with E-state index in [1.54, 1.807) is 18.2 Å². The normalized spacial score (nSPS) is 10.9. The van der Waals surface area contributed by atoms with Crippen LogP contribution in [-0.4, -0.2) is 48.2 Å². The van der Waals surface area contributed by atoms with Crippen LogP contribution in [0, 0.1) is 6.92 Å². The van der Waals surface area contributed by atoms with E-state index in [-0.39, 0.29) is 27.6 Å². The second-order valence-corrected chi connectivity index (χ2v) is 9.90. The summed E-state index contributed by atoms with van der Waals surface area (Å²) in [6.45, 7) is 1.23. The first-order valence-corrected chi connectivity index (χ1v) is 12.4. The number of anilines is 2. The predicted octanol–water partition coefficient (Wildman–Crippen LogP) is 4.29. The van der Waals surface area contributed by atoms with Crippen molar-refractivity contribution in [3.05, 3.63) is 76.8 Å². The quantitative estimate of drug-likeness (QED) is 0.409. The molecule has 0 aliphatic carbocycles. The maximum atomic E-state index is 13.5. The molecule has 36 heavy (non-hydrogen) atoms. The van der Waals surface area contributed by atoms with Crippen LogP contribution >= 0.6 is 11.6 Å². The summed E-state index contributed by atoms with van der Waals surface area (Å²) < 4.78 is 43.4. The van der Waals surface area contributed by atoms with Gasteiger partial charge >= 0.3 is 5.97 Å². The fraction of sp³-hybridized carbons (Fsp3) is 0.200. The van der Waals surface area contributed by atoms with Crippen molar-refractivity contribution >= 4 is 44.9 Å². The molecule has 0 atom stereocenters. The minimum Gasteiger partial charge on any atom is -0.493 e. The van der Waals surface area contributed by atoms with E-state index in [9.17, 15) is 18.0 Å². The number of nitrogens with one attached hydrogen (secondary N) is 1. The van der Waals surface area contributed by atoms with Crippen molar-refractivity contribution in [2.24, 2.45) is 0 Å². The van der Waals surface area contributed by atoms with Crippen LogP contribution in [0.2, 0.25) is 5.02 Å². The van der Waals surface area contributed by atoms with Gasteiger partial charge in [-0.05, 0) is 48.9 Å². The topological polar surface area (TPSA) is 111 Å². The van der Waals surface area contributed by atoms with Gasteiger partial charge in [0.25, 0.3) is 10.0 Å². The maximum absolute atomic E-state index is 13.5. The van der Waals surface area contributed by atoms with Crippen LogP contribution in [0.15, 0.2) is 65.6 Å². The molecule has 11 heteroatoms. The van der Waals surface area contributed by atoms with Crippen LogP contribution in [0.25, 0.3) is 0 Å². The molecule has 0 aliphatic rings. The van der Waals surface area contributed by atoms with E-state index in [0.717, 1.165) is 9.87 Å². The van der Waals surface area contributed by atoms with Gasteiger partial charge in [-0.2, -0.15) is 0 Å². The number of halogens is 1. The summed E-state index contributed by atoms with van der Waals surface area (Å²) >= 11 is 5.92. The summed E-state index contributed by atoms with van der Waals surface area (Å²) in [7, 11) is -0.151. The lowest BCUT2D eigenvalue weighted by Gasteiger charge is -2.25. The van der Waals surface area contributed by atoms with Gasteiger partial charge in [0.2, 0.25) is 5.91 Å². The Morgan fingerprint density at radius 3 is 2.17 bits per heavy atom. The van der Waals surface area contributed by atoms with Gasteiger partial charge in [0.1, 0.15) is 6.54 Å². The average Bonchev–Trinajstić information content (AvgIpc) is 2.86. The Morgan fingerprint density at radius 2 is 1.58 bits per heavy atom. The van der Waals surface area contributed by atoms with Gasteiger partial charge in [-0.1, -0.05) is 23.7 Å². The fourth-order valence-electron chi connectivity index (χ4n) is 3.41. The monoisotopic (exact) mass is 532 g/mol. The minimum atomic E-state index is -4.15. The lowest BCUT2D eigenvalue weighted by molar-refractivity contribution is -0.114. The Hall–Kier alpha value is -3.76. The number of aryl methyl sites for hydroxylation is 1. The number of hydrogen-bond acceptors (Lipinski definition) is 7. The number of hydrogen-bond donors (Lipinski definition) is 1. The molecule has 0 bridgehead atoms. The van der Waals surface area contributed by atoms with Crippen molar-refractivity contribution in [3.8, 4) is 11.5 Å². The molecule has 0 fully saturated rings. The van der Waals surface area contributed by atoms with Gasteiger partial charge in [0, 0.05) is 17.2 Å². The Labute approximate surface area is 214 Å². The Bertz CT molecular complexity index is 1380. The number of benzene rings is 3. The largest absolute Gasteiger partial charge is 0.493 e. The zero-order valence-electron chi connectivity index (χ0n) is 20.1. The zero-order chi connectivity index (χ0) is 26.5. The van der Waals surface area contributed by atoms with E-state index >= 15 is 0 Å². The van der Waals surface area contributed by atoms with E-state index in [4.69, 9.17) is 25.8 Å². The molecule has 3 aromatic rings. The highest BCUT2D eigenvalue weighted by molar-refractivity contribution is 7.92. The molecule has 0 saturated heterocycles. The van der Waals surface area contributed by atoms with Crippen molar-refractivity contribution < 1.29 is 32.2 Å². The summed E-state index contributed by atoms with van der Waals surface area (Å²) in [6, 6.07) is 15.1. The van der Waals surface area contributed by atoms with Crippen LogP contribution in [0.1, 0.15) is 15.9 Å². The van der Waals surface area contributed by atoms with E-state index in [2.05, 4.69) is 5.32 Å². The van der Waals surface area contributed by atoms with Gasteiger partial charge in [-0.15, -0.1) is 0 Å². The SMILES string of the molecule is COC(=O)c1cc(OC)c(OC)cc1NC(=O)CN(c1cccc(C)c1)S(=O)(=O)c1ccc(Cl)cc1. The molecular weight excluding hydrogens is 508 g/mol. The van der Waals surface area contributed by atoms with Crippen molar-refractivity contribution in [2.75, 3.05) is 37.5 Å². The lowest BCUT2D eigenvalue weighted by Crippen LogP contribution is -2.38. The summed E-state index contributed by atoms with van der Waals surface area (Å²) in [5.41, 5.74) is 1.17. The summed E-state index contributed by atoms with van der Waals surface area (Å²) in [5, 5.41) is 2.97. The van der Waals surface area contributed by atoms with Crippen LogP contribution < -0.4 is 19.1 Å². The molecule has 3 rings (SSSR count). The molecule has 0 aromatic heterocycles. The zero-order valence-corrected chi connectivity index (χ0v) is 21.6. The van der Waals surface area contributed by atoms with Gasteiger partial charge in [-0.3, -0.25) is 9.10 Å². The van der Waals surface area contributed by atoms with E-state index in [1.807, 2.05) is 13.0 Å². The number of nitrogens with zero attached hydrogens (tertiary/aromatic N) is 1. The molecule has 1 N–H and O–H groups in total. The Morgan fingerprint density at radius 1 is 0.944 bits per heavy atom. The number of methoxy groups -OCH3 is 3. The number of esters is 1. The molecular formula is C25H25ClN2O7S. The molecule has 190 valence electrons. The molecule has 1 amide bonds. The second-order valence-electron chi connectivity index (χ2n) is 7.60. The molecule has 0 radical (unpaired) electrons. The second kappa shape index (κ2) is 11.3. The third-order valence-electron chi connectivity index (χ3n) is 5.18. The highest BCUT2D eigenvalue weighted by Gasteiger charge is 2.28. The van der Waals surface area contributed by atoms with E-state index < -0.39 is 28.4 Å². The van der Waals surface area contributed by atoms with Crippen LogP contribution in [0.5, 0.6) is 11.5 Å². The van der Waals surface area contributed by atoms with Gasteiger partial charge < -0.3 is 19.5 Å². The molecule has 0 aliphatic heterocycles. The van der Waals surface area contributed by atoms with Gasteiger partial charge in [0.15, 0.2) is 11.5 Å².